The predicted molar refractivity (Wildman–Crippen MR) is 60.5 cm³/mol. The maximum atomic E-state index is 11.2. The Morgan fingerprint density at radius 2 is 1.87 bits per heavy atom. The summed E-state index contributed by atoms with van der Waals surface area (Å²) in [4.78, 5) is 11.2. The number of rotatable bonds is 5. The second-order valence-corrected chi connectivity index (χ2v) is 3.53. The molecule has 2 heteroatoms. The first-order valence-electron chi connectivity index (χ1n) is 5.50. The molecule has 0 fully saturated rings. The van der Waals surface area contributed by atoms with Crippen LogP contribution in [0.2, 0.25) is 0 Å². The Labute approximate surface area is 91.3 Å². The average Bonchev–Trinajstić information content (AvgIpc) is 2.27. The number of hydrogen-bond acceptors (Lipinski definition) is 2. The standard InChI is InChI=1S/C13H18O2/c1-3-7-13(14)15-10-12-9-6-5-8-11(12)4-2/h5-6,8-9H,3-4,7,10H2,1-2H3. The van der Waals surface area contributed by atoms with Gasteiger partial charge >= 0.3 is 5.97 Å². The van der Waals surface area contributed by atoms with Crippen LogP contribution in [0.3, 0.4) is 0 Å². The maximum absolute atomic E-state index is 11.2. The molecule has 0 heterocycles. The lowest BCUT2D eigenvalue weighted by Crippen LogP contribution is -2.05. The van der Waals surface area contributed by atoms with E-state index in [1.165, 1.54) is 5.56 Å². The quantitative estimate of drug-likeness (QED) is 0.692. The lowest BCUT2D eigenvalue weighted by molar-refractivity contribution is -0.145. The number of ether oxygens (including phenoxy) is 1. The van der Waals surface area contributed by atoms with Crippen molar-refractivity contribution in [3.05, 3.63) is 35.4 Å². The van der Waals surface area contributed by atoms with Crippen molar-refractivity contribution >= 4 is 5.97 Å². The summed E-state index contributed by atoms with van der Waals surface area (Å²) in [5, 5.41) is 0. The monoisotopic (exact) mass is 206 g/mol. The van der Waals surface area contributed by atoms with E-state index in [-0.39, 0.29) is 5.97 Å². The Morgan fingerprint density at radius 1 is 1.20 bits per heavy atom. The minimum absolute atomic E-state index is 0.108. The van der Waals surface area contributed by atoms with E-state index in [0.717, 1.165) is 18.4 Å². The van der Waals surface area contributed by atoms with Gasteiger partial charge in [-0.25, -0.2) is 0 Å². The fraction of sp³-hybridized carbons (Fsp3) is 0.462. The molecule has 82 valence electrons. The highest BCUT2D eigenvalue weighted by Gasteiger charge is 2.04. The third kappa shape index (κ3) is 3.74. The summed E-state index contributed by atoms with van der Waals surface area (Å²) in [6, 6.07) is 8.07. The van der Waals surface area contributed by atoms with Crippen LogP contribution in [-0.4, -0.2) is 5.97 Å². The molecule has 0 amide bonds. The van der Waals surface area contributed by atoms with E-state index in [4.69, 9.17) is 4.74 Å². The number of carbonyl (C=O) groups is 1. The smallest absolute Gasteiger partial charge is 0.306 e. The molecule has 0 unspecified atom stereocenters. The zero-order valence-corrected chi connectivity index (χ0v) is 9.45. The Hall–Kier alpha value is -1.31. The Balaban J connectivity index is 2.53. The number of aryl methyl sites for hydroxylation is 1. The summed E-state index contributed by atoms with van der Waals surface area (Å²) in [6.45, 7) is 4.48. The van der Waals surface area contributed by atoms with Gasteiger partial charge in [-0.2, -0.15) is 0 Å². The van der Waals surface area contributed by atoms with E-state index >= 15 is 0 Å². The van der Waals surface area contributed by atoms with Gasteiger partial charge < -0.3 is 4.74 Å². The van der Waals surface area contributed by atoms with Gasteiger partial charge in [-0.3, -0.25) is 4.79 Å². The van der Waals surface area contributed by atoms with Crippen molar-refractivity contribution in [3.63, 3.8) is 0 Å². The van der Waals surface area contributed by atoms with Gasteiger partial charge in [-0.05, 0) is 24.0 Å². The van der Waals surface area contributed by atoms with Crippen LogP contribution in [0.5, 0.6) is 0 Å². The van der Waals surface area contributed by atoms with Crippen LogP contribution < -0.4 is 0 Å². The van der Waals surface area contributed by atoms with Crippen LogP contribution in [0.15, 0.2) is 24.3 Å². The predicted octanol–water partition coefficient (Wildman–Crippen LogP) is 3.09. The van der Waals surface area contributed by atoms with Gasteiger partial charge in [0.05, 0.1) is 0 Å². The Kier molecular flexibility index (Phi) is 4.88. The van der Waals surface area contributed by atoms with Crippen molar-refractivity contribution in [3.8, 4) is 0 Å². The molecule has 0 aliphatic rings. The Morgan fingerprint density at radius 3 is 2.47 bits per heavy atom. The van der Waals surface area contributed by atoms with Gasteiger partial charge in [0.25, 0.3) is 0 Å². The van der Waals surface area contributed by atoms with E-state index in [0.29, 0.717) is 13.0 Å². The van der Waals surface area contributed by atoms with E-state index in [1.54, 1.807) is 0 Å². The lowest BCUT2D eigenvalue weighted by Gasteiger charge is -2.08. The molecule has 0 bridgehead atoms. The minimum atomic E-state index is -0.108. The zero-order valence-electron chi connectivity index (χ0n) is 9.45. The maximum Gasteiger partial charge on any atom is 0.306 e. The van der Waals surface area contributed by atoms with Crippen LogP contribution in [0.25, 0.3) is 0 Å². The van der Waals surface area contributed by atoms with Crippen molar-refractivity contribution in [1.29, 1.82) is 0 Å². The van der Waals surface area contributed by atoms with Crippen LogP contribution in [-0.2, 0) is 22.6 Å². The topological polar surface area (TPSA) is 26.3 Å². The summed E-state index contributed by atoms with van der Waals surface area (Å²) >= 11 is 0. The van der Waals surface area contributed by atoms with Crippen molar-refractivity contribution in [2.75, 3.05) is 0 Å². The van der Waals surface area contributed by atoms with Gasteiger partial charge in [-0.15, -0.1) is 0 Å². The summed E-state index contributed by atoms with van der Waals surface area (Å²) in [5.74, 6) is -0.108. The first kappa shape index (κ1) is 11.8. The van der Waals surface area contributed by atoms with Gasteiger partial charge in [0.15, 0.2) is 0 Å². The summed E-state index contributed by atoms with van der Waals surface area (Å²) in [7, 11) is 0. The molecule has 1 rings (SSSR count). The molecule has 0 radical (unpaired) electrons. The fourth-order valence-electron chi connectivity index (χ4n) is 1.48. The molecular formula is C13H18O2. The zero-order chi connectivity index (χ0) is 11.1. The van der Waals surface area contributed by atoms with Crippen molar-refractivity contribution in [1.82, 2.24) is 0 Å². The van der Waals surface area contributed by atoms with Crippen molar-refractivity contribution < 1.29 is 9.53 Å². The molecule has 2 nitrogen and oxygen atoms in total. The highest BCUT2D eigenvalue weighted by molar-refractivity contribution is 5.69. The first-order valence-corrected chi connectivity index (χ1v) is 5.50. The average molecular weight is 206 g/mol. The first-order chi connectivity index (χ1) is 7.27. The fourth-order valence-corrected chi connectivity index (χ4v) is 1.48. The summed E-state index contributed by atoms with van der Waals surface area (Å²) in [6.07, 6.45) is 2.32. The third-order valence-electron chi connectivity index (χ3n) is 2.34. The minimum Gasteiger partial charge on any atom is -0.461 e. The molecule has 0 aliphatic heterocycles. The highest BCUT2D eigenvalue weighted by atomic mass is 16.5. The molecule has 1 aromatic rings. The third-order valence-corrected chi connectivity index (χ3v) is 2.34. The molecule has 0 spiro atoms. The molecule has 0 aliphatic carbocycles. The highest BCUT2D eigenvalue weighted by Crippen LogP contribution is 2.11. The van der Waals surface area contributed by atoms with Gasteiger partial charge in [-0.1, -0.05) is 38.1 Å². The Bertz CT molecular complexity index is 318. The van der Waals surface area contributed by atoms with Crippen LogP contribution in [0.1, 0.15) is 37.8 Å². The van der Waals surface area contributed by atoms with Crippen molar-refractivity contribution in [2.24, 2.45) is 0 Å². The molecule has 15 heavy (non-hydrogen) atoms. The molecule has 0 N–H and O–H groups in total. The normalized spacial score (nSPS) is 10.0. The lowest BCUT2D eigenvalue weighted by atomic mass is 10.1. The summed E-state index contributed by atoms with van der Waals surface area (Å²) in [5.41, 5.74) is 2.37. The largest absolute Gasteiger partial charge is 0.461 e. The van der Waals surface area contributed by atoms with E-state index in [9.17, 15) is 4.79 Å². The molecule has 1 aromatic carbocycles. The van der Waals surface area contributed by atoms with Crippen LogP contribution >= 0.6 is 0 Å². The second-order valence-electron chi connectivity index (χ2n) is 3.53. The van der Waals surface area contributed by atoms with E-state index in [2.05, 4.69) is 13.0 Å². The van der Waals surface area contributed by atoms with Crippen LogP contribution in [0.4, 0.5) is 0 Å². The molecule has 0 saturated carbocycles. The molecule has 0 saturated heterocycles. The van der Waals surface area contributed by atoms with E-state index in [1.807, 2.05) is 25.1 Å². The number of hydrogen-bond donors (Lipinski definition) is 0. The molecular weight excluding hydrogens is 188 g/mol. The van der Waals surface area contributed by atoms with Gasteiger partial charge in [0.2, 0.25) is 0 Å². The number of carbonyl (C=O) groups excluding carboxylic acids is 1. The molecule has 0 aromatic heterocycles. The SMILES string of the molecule is CCCC(=O)OCc1ccccc1CC. The van der Waals surface area contributed by atoms with Crippen molar-refractivity contribution in [2.45, 2.75) is 39.7 Å². The van der Waals surface area contributed by atoms with Crippen LogP contribution in [0, 0.1) is 0 Å². The molecule has 0 atom stereocenters. The second kappa shape index (κ2) is 6.23. The number of esters is 1. The number of benzene rings is 1. The summed E-state index contributed by atoms with van der Waals surface area (Å²) < 4.78 is 5.17. The van der Waals surface area contributed by atoms with Gasteiger partial charge in [0, 0.05) is 6.42 Å². The van der Waals surface area contributed by atoms with E-state index < -0.39 is 0 Å². The van der Waals surface area contributed by atoms with Gasteiger partial charge in [0.1, 0.15) is 6.61 Å².